The number of hydrogen-bond acceptors (Lipinski definition) is 7. The number of nitro benzene ring substituents is 1. The minimum atomic E-state index is -0.349. The molecule has 2 heterocycles. The molecule has 0 amide bonds. The van der Waals surface area contributed by atoms with Gasteiger partial charge in [0.15, 0.2) is 5.50 Å². The van der Waals surface area contributed by atoms with E-state index in [1.54, 1.807) is 18.5 Å². The van der Waals surface area contributed by atoms with Gasteiger partial charge in [-0.2, -0.15) is 5.10 Å². The largest absolute Gasteiger partial charge is 0.297 e. The first-order chi connectivity index (χ1) is 12.0. The van der Waals surface area contributed by atoms with Crippen LogP contribution < -0.4 is 4.90 Å². The molecule has 4 rings (SSSR count). The summed E-state index contributed by atoms with van der Waals surface area (Å²) in [6, 6.07) is 10.6. The number of nitro groups is 1. The molecule has 0 bridgehead atoms. The summed E-state index contributed by atoms with van der Waals surface area (Å²) < 4.78 is 1.84. The molecular weight excluding hydrogens is 403 g/mol. The van der Waals surface area contributed by atoms with E-state index < -0.39 is 0 Å². The predicted molar refractivity (Wildman–Crippen MR) is 103 cm³/mol. The van der Waals surface area contributed by atoms with Crippen LogP contribution in [0.1, 0.15) is 5.56 Å². The number of hydrazone groups is 1. The smallest absolute Gasteiger partial charge is 0.285 e. The third kappa shape index (κ3) is 3.03. The van der Waals surface area contributed by atoms with Gasteiger partial charge in [0, 0.05) is 11.8 Å². The molecule has 2 aromatic carbocycles. The van der Waals surface area contributed by atoms with Gasteiger partial charge in [0.05, 0.1) is 20.7 Å². The predicted octanol–water partition coefficient (Wildman–Crippen LogP) is 5.20. The van der Waals surface area contributed by atoms with Gasteiger partial charge >= 0.3 is 0 Å². The maximum atomic E-state index is 11.2. The molecule has 0 radical (unpaired) electrons. The van der Waals surface area contributed by atoms with E-state index in [9.17, 15) is 10.1 Å². The van der Waals surface area contributed by atoms with E-state index in [0.29, 0.717) is 20.7 Å². The summed E-state index contributed by atoms with van der Waals surface area (Å²) in [5, 5.41) is 16.7. The van der Waals surface area contributed by atoms with Gasteiger partial charge in [-0.15, -0.1) is 0 Å². The van der Waals surface area contributed by atoms with Crippen LogP contribution in [0.3, 0.4) is 0 Å². The highest BCUT2D eigenvalue weighted by Crippen LogP contribution is 2.51. The molecule has 0 saturated heterocycles. The lowest BCUT2D eigenvalue weighted by atomic mass is 10.2. The molecule has 25 heavy (non-hydrogen) atoms. The number of hydrogen-bond donors (Lipinski definition) is 0. The van der Waals surface area contributed by atoms with Crippen molar-refractivity contribution in [2.75, 3.05) is 4.90 Å². The number of nitrogens with zero attached hydrogens (tertiary/aromatic N) is 4. The molecule has 2 aromatic rings. The van der Waals surface area contributed by atoms with E-state index in [0.717, 1.165) is 11.3 Å². The Morgan fingerprint density at radius 3 is 2.88 bits per heavy atom. The van der Waals surface area contributed by atoms with Crippen molar-refractivity contribution in [3.63, 3.8) is 0 Å². The van der Waals surface area contributed by atoms with Gasteiger partial charge in [0.1, 0.15) is 11.2 Å². The molecule has 128 valence electrons. The molecule has 0 saturated carbocycles. The third-order valence-electron chi connectivity index (χ3n) is 3.74. The van der Waals surface area contributed by atoms with Crippen LogP contribution >= 0.6 is 46.9 Å². The van der Waals surface area contributed by atoms with Gasteiger partial charge in [-0.25, -0.2) is 4.41 Å². The van der Waals surface area contributed by atoms with Crippen molar-refractivity contribution in [2.45, 2.75) is 16.1 Å². The van der Waals surface area contributed by atoms with Crippen LogP contribution in [-0.2, 0) is 5.75 Å². The monoisotopic (exact) mass is 412 g/mol. The van der Waals surface area contributed by atoms with Gasteiger partial charge in [-0.3, -0.25) is 15.0 Å². The summed E-state index contributed by atoms with van der Waals surface area (Å²) in [4.78, 5) is 13.5. The van der Waals surface area contributed by atoms with Crippen molar-refractivity contribution in [3.8, 4) is 0 Å². The van der Waals surface area contributed by atoms with E-state index in [2.05, 4.69) is 5.10 Å². The minimum Gasteiger partial charge on any atom is -0.297 e. The summed E-state index contributed by atoms with van der Waals surface area (Å²) in [6.07, 6.45) is 1.70. The lowest BCUT2D eigenvalue weighted by Gasteiger charge is -2.22. The number of halogens is 2. The summed E-state index contributed by atoms with van der Waals surface area (Å²) >= 11 is 14.9. The van der Waals surface area contributed by atoms with Crippen molar-refractivity contribution >= 4 is 64.6 Å². The van der Waals surface area contributed by atoms with Gasteiger partial charge in [-0.1, -0.05) is 47.1 Å². The average molecular weight is 413 g/mol. The molecule has 1 atom stereocenters. The zero-order valence-corrected chi connectivity index (χ0v) is 15.6. The first-order valence-corrected chi connectivity index (χ1v) is 9.75. The first-order valence-electron chi connectivity index (χ1n) is 7.17. The topological polar surface area (TPSA) is 62.0 Å². The average Bonchev–Trinajstić information content (AvgIpc) is 3.15. The normalized spacial score (nSPS) is 17.8. The maximum absolute atomic E-state index is 11.2. The van der Waals surface area contributed by atoms with Crippen LogP contribution in [0.5, 0.6) is 0 Å². The lowest BCUT2D eigenvalue weighted by molar-refractivity contribution is -0.387. The van der Waals surface area contributed by atoms with Gasteiger partial charge in [0.25, 0.3) is 5.69 Å². The Morgan fingerprint density at radius 2 is 2.12 bits per heavy atom. The maximum Gasteiger partial charge on any atom is 0.285 e. The number of anilines is 1. The van der Waals surface area contributed by atoms with E-state index >= 15 is 0 Å². The molecule has 0 spiro atoms. The zero-order valence-electron chi connectivity index (χ0n) is 12.5. The highest BCUT2D eigenvalue weighted by molar-refractivity contribution is 8.02. The van der Waals surface area contributed by atoms with Crippen molar-refractivity contribution in [3.05, 3.63) is 62.1 Å². The number of rotatable bonds is 4. The Bertz CT molecular complexity index is 896. The number of fused-ring (bicyclic) bond motifs is 3. The van der Waals surface area contributed by atoms with Crippen molar-refractivity contribution in [1.82, 2.24) is 4.41 Å². The molecule has 6 nitrogen and oxygen atoms in total. The molecule has 2 aliphatic heterocycles. The SMILES string of the molecule is O=[N+]([O-])c1cccc2c1SC1N(SCc3ccc(Cl)c(Cl)c3)N=CN21. The van der Waals surface area contributed by atoms with Crippen molar-refractivity contribution < 1.29 is 4.92 Å². The van der Waals surface area contributed by atoms with Crippen LogP contribution in [0, 0.1) is 10.1 Å². The second-order valence-corrected chi connectivity index (χ2v) is 8.09. The molecule has 0 aromatic heterocycles. The summed E-state index contributed by atoms with van der Waals surface area (Å²) in [6.45, 7) is 0. The van der Waals surface area contributed by atoms with Crippen LogP contribution in [0.2, 0.25) is 10.0 Å². The molecule has 0 fully saturated rings. The van der Waals surface area contributed by atoms with E-state index in [4.69, 9.17) is 23.2 Å². The van der Waals surface area contributed by atoms with E-state index in [-0.39, 0.29) is 16.1 Å². The Hall–Kier alpha value is -1.61. The fourth-order valence-corrected chi connectivity index (χ4v) is 5.19. The fraction of sp³-hybridized carbons (Fsp3) is 0.133. The van der Waals surface area contributed by atoms with Crippen molar-refractivity contribution in [1.29, 1.82) is 0 Å². The standard InChI is InChI=1S/C15H10Cl2N4O2S2/c16-10-5-4-9(6-11(10)17)7-24-20-15-19(8-18-20)12-2-1-3-13(21(22)23)14(12)25-15/h1-6,8,15H,7H2. The molecule has 0 aliphatic carbocycles. The zero-order chi connectivity index (χ0) is 17.6. The fourth-order valence-electron chi connectivity index (χ4n) is 2.56. The van der Waals surface area contributed by atoms with Crippen LogP contribution in [0.25, 0.3) is 0 Å². The van der Waals surface area contributed by atoms with E-state index in [1.165, 1.54) is 29.8 Å². The van der Waals surface area contributed by atoms with Crippen LogP contribution in [0.4, 0.5) is 11.4 Å². The summed E-state index contributed by atoms with van der Waals surface area (Å²) in [5.41, 5.74) is 1.83. The van der Waals surface area contributed by atoms with Crippen LogP contribution in [-0.4, -0.2) is 21.2 Å². The van der Waals surface area contributed by atoms with Gasteiger partial charge in [-0.05, 0) is 35.7 Å². The number of benzene rings is 2. The minimum absolute atomic E-state index is 0.125. The quantitative estimate of drug-likeness (QED) is 0.390. The summed E-state index contributed by atoms with van der Waals surface area (Å²) in [7, 11) is 0. The molecular formula is C15H10Cl2N4O2S2. The highest BCUT2D eigenvalue weighted by Gasteiger charge is 2.41. The van der Waals surface area contributed by atoms with Crippen molar-refractivity contribution in [2.24, 2.45) is 5.10 Å². The first kappa shape index (κ1) is 16.8. The van der Waals surface area contributed by atoms with Gasteiger partial charge < -0.3 is 0 Å². The Labute approximate surface area is 162 Å². The highest BCUT2D eigenvalue weighted by atomic mass is 35.5. The third-order valence-corrected chi connectivity index (χ3v) is 6.92. The van der Waals surface area contributed by atoms with Gasteiger partial charge in [0.2, 0.25) is 0 Å². The Balaban J connectivity index is 1.50. The lowest BCUT2D eigenvalue weighted by Crippen LogP contribution is -2.30. The van der Waals surface area contributed by atoms with E-state index in [1.807, 2.05) is 27.5 Å². The second kappa shape index (κ2) is 6.60. The Kier molecular flexibility index (Phi) is 4.45. The number of thioether (sulfide) groups is 1. The molecule has 1 unspecified atom stereocenters. The summed E-state index contributed by atoms with van der Waals surface area (Å²) in [5.74, 6) is 0.664. The molecule has 10 heteroatoms. The molecule has 2 aliphatic rings. The van der Waals surface area contributed by atoms with Crippen LogP contribution in [0.15, 0.2) is 46.4 Å². The Morgan fingerprint density at radius 1 is 1.28 bits per heavy atom. The molecule has 0 N–H and O–H groups in total. The second-order valence-electron chi connectivity index (χ2n) is 5.29.